The molecule has 1 aliphatic heterocycles. The number of aromatic nitrogens is 3. The molecule has 128 valence electrons. The highest BCUT2D eigenvalue weighted by atomic mass is 19.1. The van der Waals surface area contributed by atoms with Crippen LogP contribution in [-0.4, -0.2) is 28.3 Å². The molecule has 0 spiro atoms. The first-order valence-electron chi connectivity index (χ1n) is 8.32. The molecule has 0 radical (unpaired) electrons. The lowest BCUT2D eigenvalue weighted by molar-refractivity contribution is 0.182. The van der Waals surface area contributed by atoms with Crippen molar-refractivity contribution in [1.82, 2.24) is 15.1 Å². The van der Waals surface area contributed by atoms with Crippen LogP contribution < -0.4 is 0 Å². The molecule has 1 aromatic carbocycles. The fraction of sp³-hybridized carbons (Fsp3) is 0.316. The maximum absolute atomic E-state index is 13.3. The van der Waals surface area contributed by atoms with E-state index in [9.17, 15) is 4.39 Å². The Bertz CT molecular complexity index is 827. The van der Waals surface area contributed by atoms with Crippen LogP contribution in [0.25, 0.3) is 0 Å². The van der Waals surface area contributed by atoms with Crippen molar-refractivity contribution in [3.8, 4) is 0 Å². The molecular formula is C19H18FN3O2. The monoisotopic (exact) mass is 339 g/mol. The molecule has 2 aromatic heterocycles. The summed E-state index contributed by atoms with van der Waals surface area (Å²) < 4.78 is 24.4. The highest BCUT2D eigenvalue weighted by molar-refractivity contribution is 5.34. The van der Waals surface area contributed by atoms with Crippen LogP contribution in [0, 0.1) is 5.82 Å². The van der Waals surface area contributed by atoms with Crippen molar-refractivity contribution >= 4 is 0 Å². The van der Waals surface area contributed by atoms with Crippen molar-refractivity contribution in [3.05, 3.63) is 77.5 Å². The van der Waals surface area contributed by atoms with Gasteiger partial charge in [0.15, 0.2) is 5.82 Å². The summed E-state index contributed by atoms with van der Waals surface area (Å²) in [5, 5.41) is 4.21. The van der Waals surface area contributed by atoms with E-state index in [1.165, 1.54) is 17.7 Å². The summed E-state index contributed by atoms with van der Waals surface area (Å²) in [6, 6.07) is 10.4. The smallest absolute Gasteiger partial charge is 0.227 e. The molecular weight excluding hydrogens is 321 g/mol. The third-order valence-corrected chi connectivity index (χ3v) is 4.69. The molecule has 0 bridgehead atoms. The molecule has 0 saturated carbocycles. The van der Waals surface area contributed by atoms with Gasteiger partial charge in [0.25, 0.3) is 0 Å². The molecule has 0 amide bonds. The summed E-state index contributed by atoms with van der Waals surface area (Å²) in [6.45, 7) is 1.10. The zero-order valence-electron chi connectivity index (χ0n) is 13.7. The van der Waals surface area contributed by atoms with E-state index in [0.717, 1.165) is 18.4 Å². The van der Waals surface area contributed by atoms with E-state index in [2.05, 4.69) is 15.1 Å². The van der Waals surface area contributed by atoms with Crippen LogP contribution in [0.2, 0.25) is 0 Å². The molecule has 25 heavy (non-hydrogen) atoms. The minimum absolute atomic E-state index is 0.260. The van der Waals surface area contributed by atoms with Crippen LogP contribution in [0.5, 0.6) is 0 Å². The Balaban J connectivity index is 1.57. The van der Waals surface area contributed by atoms with Gasteiger partial charge in [-0.3, -0.25) is 4.98 Å². The lowest BCUT2D eigenvalue weighted by Crippen LogP contribution is -2.29. The van der Waals surface area contributed by atoms with Gasteiger partial charge in [-0.15, -0.1) is 0 Å². The highest BCUT2D eigenvalue weighted by Crippen LogP contribution is 2.38. The minimum atomic E-state index is -0.466. The van der Waals surface area contributed by atoms with Gasteiger partial charge in [0, 0.05) is 25.4 Å². The van der Waals surface area contributed by atoms with E-state index >= 15 is 0 Å². The first-order chi connectivity index (χ1) is 12.3. The molecule has 1 unspecified atom stereocenters. The Morgan fingerprint density at radius 2 is 1.84 bits per heavy atom. The van der Waals surface area contributed by atoms with Crippen molar-refractivity contribution in [2.75, 3.05) is 13.2 Å². The summed E-state index contributed by atoms with van der Waals surface area (Å²) in [5.74, 6) is 0.950. The van der Waals surface area contributed by atoms with Gasteiger partial charge >= 0.3 is 0 Å². The van der Waals surface area contributed by atoms with E-state index in [1.807, 2.05) is 12.1 Å². The number of hydrogen-bond acceptors (Lipinski definition) is 5. The zero-order chi connectivity index (χ0) is 17.1. The number of hydrogen-bond donors (Lipinski definition) is 0. The van der Waals surface area contributed by atoms with Crippen molar-refractivity contribution in [2.45, 2.75) is 24.7 Å². The predicted octanol–water partition coefficient (Wildman–Crippen LogP) is 3.10. The number of rotatable bonds is 5. The van der Waals surface area contributed by atoms with Gasteiger partial charge in [-0.25, -0.2) is 4.39 Å². The van der Waals surface area contributed by atoms with Crippen molar-refractivity contribution < 1.29 is 13.7 Å². The molecule has 1 atom stereocenters. The maximum Gasteiger partial charge on any atom is 0.227 e. The van der Waals surface area contributed by atoms with Crippen molar-refractivity contribution in [3.63, 3.8) is 0 Å². The average Bonchev–Trinajstić information content (AvgIpc) is 3.32. The Morgan fingerprint density at radius 3 is 2.56 bits per heavy atom. The molecule has 0 aliphatic carbocycles. The first kappa shape index (κ1) is 15.9. The molecule has 1 fully saturated rings. The summed E-state index contributed by atoms with van der Waals surface area (Å²) in [7, 11) is 0. The largest absolute Gasteiger partial charge is 0.380 e. The van der Waals surface area contributed by atoms with Gasteiger partial charge < -0.3 is 9.26 Å². The van der Waals surface area contributed by atoms with E-state index in [1.54, 1.807) is 24.5 Å². The SMILES string of the molecule is Fc1ccc(C2(c3noc(CCc4ccncc4)n3)CCOC2)cc1. The molecule has 6 heteroatoms. The fourth-order valence-corrected chi connectivity index (χ4v) is 3.22. The molecule has 1 saturated heterocycles. The second-order valence-corrected chi connectivity index (χ2v) is 6.26. The van der Waals surface area contributed by atoms with E-state index in [-0.39, 0.29) is 5.82 Å². The van der Waals surface area contributed by atoms with Crippen LogP contribution in [0.15, 0.2) is 53.3 Å². The quantitative estimate of drug-likeness (QED) is 0.715. The Labute approximate surface area is 144 Å². The van der Waals surface area contributed by atoms with Crippen LogP contribution >= 0.6 is 0 Å². The molecule has 3 heterocycles. The molecule has 5 nitrogen and oxygen atoms in total. The van der Waals surface area contributed by atoms with Crippen molar-refractivity contribution in [1.29, 1.82) is 0 Å². The molecule has 0 N–H and O–H groups in total. The highest BCUT2D eigenvalue weighted by Gasteiger charge is 2.42. The van der Waals surface area contributed by atoms with Crippen LogP contribution in [0.4, 0.5) is 4.39 Å². The summed E-state index contributed by atoms with van der Waals surface area (Å²) in [6.07, 6.45) is 5.77. The Kier molecular flexibility index (Phi) is 4.28. The van der Waals surface area contributed by atoms with Crippen LogP contribution in [-0.2, 0) is 23.0 Å². The normalized spacial score (nSPS) is 20.0. The summed E-state index contributed by atoms with van der Waals surface area (Å²) in [4.78, 5) is 8.62. The molecule has 1 aliphatic rings. The number of halogens is 1. The van der Waals surface area contributed by atoms with Gasteiger partial charge in [-0.2, -0.15) is 4.98 Å². The van der Waals surface area contributed by atoms with E-state index in [4.69, 9.17) is 9.26 Å². The van der Waals surface area contributed by atoms with E-state index in [0.29, 0.717) is 31.3 Å². The molecule has 3 aromatic rings. The summed E-state index contributed by atoms with van der Waals surface area (Å²) in [5.41, 5.74) is 1.66. The lowest BCUT2D eigenvalue weighted by atomic mass is 9.79. The van der Waals surface area contributed by atoms with Gasteiger partial charge in [-0.1, -0.05) is 17.3 Å². The Morgan fingerprint density at radius 1 is 1.04 bits per heavy atom. The minimum Gasteiger partial charge on any atom is -0.380 e. The number of pyridine rings is 1. The van der Waals surface area contributed by atoms with Crippen LogP contribution in [0.1, 0.15) is 29.3 Å². The van der Waals surface area contributed by atoms with Crippen LogP contribution in [0.3, 0.4) is 0 Å². The predicted molar refractivity (Wildman–Crippen MR) is 88.6 cm³/mol. The zero-order valence-corrected chi connectivity index (χ0v) is 13.7. The van der Waals surface area contributed by atoms with Crippen molar-refractivity contribution in [2.24, 2.45) is 0 Å². The van der Waals surface area contributed by atoms with Gasteiger partial charge in [0.1, 0.15) is 5.82 Å². The second kappa shape index (κ2) is 6.72. The van der Waals surface area contributed by atoms with Gasteiger partial charge in [0.2, 0.25) is 5.89 Å². The van der Waals surface area contributed by atoms with E-state index < -0.39 is 5.41 Å². The maximum atomic E-state index is 13.3. The second-order valence-electron chi connectivity index (χ2n) is 6.26. The fourth-order valence-electron chi connectivity index (χ4n) is 3.22. The third-order valence-electron chi connectivity index (χ3n) is 4.69. The van der Waals surface area contributed by atoms with Gasteiger partial charge in [0.05, 0.1) is 12.0 Å². The summed E-state index contributed by atoms with van der Waals surface area (Å²) >= 11 is 0. The average molecular weight is 339 g/mol. The first-order valence-corrected chi connectivity index (χ1v) is 8.32. The third kappa shape index (κ3) is 3.17. The lowest BCUT2D eigenvalue weighted by Gasteiger charge is -2.23. The topological polar surface area (TPSA) is 61.0 Å². The standard InChI is InChI=1S/C19H18FN3O2/c20-16-4-2-15(3-5-16)19(9-12-24-13-19)18-22-17(25-23-18)6-1-14-7-10-21-11-8-14/h2-5,7-8,10-11H,1,6,9,12-13H2. The number of benzene rings is 1. The number of aryl methyl sites for hydroxylation is 2. The molecule has 4 rings (SSSR count). The number of nitrogens with zero attached hydrogens (tertiary/aromatic N) is 3. The Hall–Kier alpha value is -2.60. The van der Waals surface area contributed by atoms with Gasteiger partial charge in [-0.05, 0) is 48.2 Å². The number of ether oxygens (including phenoxy) is 1.